The molecule has 0 bridgehead atoms. The molecule has 0 spiro atoms. The molecule has 1 heterocycles. The van der Waals surface area contributed by atoms with E-state index < -0.39 is 23.6 Å². The van der Waals surface area contributed by atoms with Gasteiger partial charge in [0.05, 0.1) is 24.1 Å². The number of carbonyl (C=O) groups excluding carboxylic acids is 2. The maximum absolute atomic E-state index is 11.2. The Kier molecular flexibility index (Phi) is 2.84. The van der Waals surface area contributed by atoms with Gasteiger partial charge in [0.2, 0.25) is 0 Å². The van der Waals surface area contributed by atoms with Gasteiger partial charge < -0.3 is 10.4 Å². The third-order valence-corrected chi connectivity index (χ3v) is 1.93. The van der Waals surface area contributed by atoms with E-state index in [0.29, 0.717) is 0 Å². The second-order valence-electron chi connectivity index (χ2n) is 2.75. The summed E-state index contributed by atoms with van der Waals surface area (Å²) < 4.78 is 0. The summed E-state index contributed by atoms with van der Waals surface area (Å²) in [5, 5.41) is 22.3. The number of nitrogens with zero attached hydrogens (tertiary/aromatic N) is 1. The number of aliphatic hydroxyl groups excluding tert-OH is 1. The number of likely N-dealkylation sites (N-methyl/N-ethyl adjacent to an activating group) is 1. The van der Waals surface area contributed by atoms with Crippen LogP contribution in [0.4, 0.5) is 0 Å². The van der Waals surface area contributed by atoms with Crippen molar-refractivity contribution in [3.05, 3.63) is 11.3 Å². The molecule has 14 heavy (non-hydrogen) atoms. The largest absolute Gasteiger partial charge is 0.503 e. The molecular formula is C8H9N3O3. The quantitative estimate of drug-likeness (QED) is 0.499. The number of amides is 2. The standard InChI is InChI=1S/C8H9N3O3/c1-10-4(2-3-9)5-6(12)8(14)11-7(5)13/h4,10H,2H2,1H3,(H2,11,12,13,14)/t4-/m1/s1. The van der Waals surface area contributed by atoms with Crippen LogP contribution in [-0.2, 0) is 9.59 Å². The highest BCUT2D eigenvalue weighted by atomic mass is 16.3. The van der Waals surface area contributed by atoms with Crippen molar-refractivity contribution in [2.24, 2.45) is 0 Å². The summed E-state index contributed by atoms with van der Waals surface area (Å²) in [4.78, 5) is 22.0. The topological polar surface area (TPSA) is 102 Å². The molecule has 6 nitrogen and oxygen atoms in total. The molecule has 0 aromatic heterocycles. The van der Waals surface area contributed by atoms with E-state index in [4.69, 9.17) is 5.26 Å². The van der Waals surface area contributed by atoms with E-state index in [2.05, 4.69) is 5.32 Å². The van der Waals surface area contributed by atoms with Gasteiger partial charge in [-0.05, 0) is 7.05 Å². The van der Waals surface area contributed by atoms with E-state index in [1.54, 1.807) is 7.05 Å². The normalized spacial score (nSPS) is 18.0. The number of carbonyl (C=O) groups is 2. The van der Waals surface area contributed by atoms with E-state index in [1.807, 2.05) is 11.4 Å². The van der Waals surface area contributed by atoms with E-state index in [9.17, 15) is 14.7 Å². The van der Waals surface area contributed by atoms with Crippen LogP contribution >= 0.6 is 0 Å². The molecule has 1 aliphatic rings. The van der Waals surface area contributed by atoms with Crippen molar-refractivity contribution >= 4 is 11.8 Å². The van der Waals surface area contributed by atoms with Gasteiger partial charge in [0.15, 0.2) is 5.76 Å². The highest BCUT2D eigenvalue weighted by Gasteiger charge is 2.34. The summed E-state index contributed by atoms with van der Waals surface area (Å²) in [6.45, 7) is 0. The molecule has 3 N–H and O–H groups in total. The fourth-order valence-corrected chi connectivity index (χ4v) is 1.22. The first-order chi connectivity index (χ1) is 6.61. The van der Waals surface area contributed by atoms with Crippen molar-refractivity contribution < 1.29 is 14.7 Å². The maximum atomic E-state index is 11.2. The molecule has 1 aliphatic heterocycles. The number of imide groups is 1. The van der Waals surface area contributed by atoms with Crippen molar-refractivity contribution in [1.29, 1.82) is 5.26 Å². The third-order valence-electron chi connectivity index (χ3n) is 1.93. The third kappa shape index (κ3) is 1.58. The van der Waals surface area contributed by atoms with E-state index >= 15 is 0 Å². The number of aliphatic hydroxyl groups is 1. The molecule has 0 saturated heterocycles. The molecule has 0 saturated carbocycles. The predicted octanol–water partition coefficient (Wildman–Crippen LogP) is -1.04. The minimum Gasteiger partial charge on any atom is -0.503 e. The molecule has 1 rings (SSSR count). The Labute approximate surface area is 80.2 Å². The summed E-state index contributed by atoms with van der Waals surface area (Å²) in [6, 6.07) is 1.23. The first kappa shape index (κ1) is 10.2. The smallest absolute Gasteiger partial charge is 0.293 e. The zero-order valence-corrected chi connectivity index (χ0v) is 7.50. The molecular weight excluding hydrogens is 186 g/mol. The van der Waals surface area contributed by atoms with Crippen LogP contribution in [0, 0.1) is 11.3 Å². The van der Waals surface area contributed by atoms with Gasteiger partial charge in [-0.3, -0.25) is 14.9 Å². The van der Waals surface area contributed by atoms with Crippen LogP contribution in [-0.4, -0.2) is 30.0 Å². The van der Waals surface area contributed by atoms with Crippen molar-refractivity contribution in [1.82, 2.24) is 10.6 Å². The highest BCUT2D eigenvalue weighted by Crippen LogP contribution is 2.15. The second kappa shape index (κ2) is 3.89. The molecule has 0 fully saturated rings. The van der Waals surface area contributed by atoms with Gasteiger partial charge in [0, 0.05) is 0 Å². The molecule has 0 aromatic carbocycles. The van der Waals surface area contributed by atoms with E-state index in [-0.39, 0.29) is 12.0 Å². The zero-order valence-electron chi connectivity index (χ0n) is 7.50. The average Bonchev–Trinajstić information content (AvgIpc) is 2.39. The molecule has 0 aliphatic carbocycles. The van der Waals surface area contributed by atoms with Crippen molar-refractivity contribution in [2.45, 2.75) is 12.5 Å². The van der Waals surface area contributed by atoms with E-state index in [0.717, 1.165) is 0 Å². The Morgan fingerprint density at radius 1 is 1.57 bits per heavy atom. The summed E-state index contributed by atoms with van der Waals surface area (Å²) in [6.07, 6.45) is 0.0105. The second-order valence-corrected chi connectivity index (χ2v) is 2.75. The summed E-state index contributed by atoms with van der Waals surface area (Å²) in [7, 11) is 1.54. The molecule has 1 atom stereocenters. The van der Waals surface area contributed by atoms with Crippen molar-refractivity contribution in [2.75, 3.05) is 7.05 Å². The molecule has 6 heteroatoms. The van der Waals surface area contributed by atoms with Crippen molar-refractivity contribution in [3.63, 3.8) is 0 Å². The Hall–Kier alpha value is -1.87. The van der Waals surface area contributed by atoms with E-state index in [1.165, 1.54) is 0 Å². The van der Waals surface area contributed by atoms with Gasteiger partial charge in [-0.25, -0.2) is 0 Å². The monoisotopic (exact) mass is 195 g/mol. The molecule has 0 radical (unpaired) electrons. The first-order valence-electron chi connectivity index (χ1n) is 3.94. The minimum absolute atomic E-state index is 0.0105. The predicted molar refractivity (Wildman–Crippen MR) is 45.9 cm³/mol. The van der Waals surface area contributed by atoms with Gasteiger partial charge in [-0.15, -0.1) is 0 Å². The first-order valence-corrected chi connectivity index (χ1v) is 3.94. The van der Waals surface area contributed by atoms with Gasteiger partial charge >= 0.3 is 0 Å². The van der Waals surface area contributed by atoms with Crippen LogP contribution in [0.3, 0.4) is 0 Å². The summed E-state index contributed by atoms with van der Waals surface area (Å²) in [5.41, 5.74) is -0.0703. The number of rotatable bonds is 3. The molecule has 0 aromatic rings. The highest BCUT2D eigenvalue weighted by molar-refractivity contribution is 6.18. The van der Waals surface area contributed by atoms with Crippen LogP contribution in [0.5, 0.6) is 0 Å². The Bertz CT molecular complexity index is 353. The lowest BCUT2D eigenvalue weighted by molar-refractivity contribution is -0.125. The summed E-state index contributed by atoms with van der Waals surface area (Å²) in [5.74, 6) is -2.07. The van der Waals surface area contributed by atoms with Crippen LogP contribution < -0.4 is 10.6 Å². The molecule has 0 unspecified atom stereocenters. The molecule has 2 amide bonds. The number of nitriles is 1. The Morgan fingerprint density at radius 2 is 2.21 bits per heavy atom. The van der Waals surface area contributed by atoms with Gasteiger partial charge in [-0.2, -0.15) is 5.26 Å². The van der Waals surface area contributed by atoms with Crippen LogP contribution in [0.15, 0.2) is 11.3 Å². The lowest BCUT2D eigenvalue weighted by atomic mass is 10.0. The number of hydrogen-bond donors (Lipinski definition) is 3. The summed E-state index contributed by atoms with van der Waals surface area (Å²) >= 11 is 0. The van der Waals surface area contributed by atoms with Gasteiger partial charge in [-0.1, -0.05) is 0 Å². The number of hydrogen-bond acceptors (Lipinski definition) is 5. The zero-order chi connectivity index (χ0) is 10.7. The fourth-order valence-electron chi connectivity index (χ4n) is 1.22. The Morgan fingerprint density at radius 3 is 2.57 bits per heavy atom. The van der Waals surface area contributed by atoms with Crippen molar-refractivity contribution in [3.8, 4) is 6.07 Å². The maximum Gasteiger partial charge on any atom is 0.293 e. The van der Waals surface area contributed by atoms with Crippen LogP contribution in [0.25, 0.3) is 0 Å². The van der Waals surface area contributed by atoms with Gasteiger partial charge in [0.1, 0.15) is 0 Å². The molecule has 74 valence electrons. The lowest BCUT2D eigenvalue weighted by Crippen LogP contribution is -2.33. The Balaban J connectivity index is 3.00. The number of nitrogens with one attached hydrogen (secondary N) is 2. The van der Waals surface area contributed by atoms with Gasteiger partial charge in [0.25, 0.3) is 11.8 Å². The average molecular weight is 195 g/mol. The lowest BCUT2D eigenvalue weighted by Gasteiger charge is -2.11. The minimum atomic E-state index is -0.816. The van der Waals surface area contributed by atoms with Crippen LogP contribution in [0.2, 0.25) is 0 Å². The van der Waals surface area contributed by atoms with Crippen LogP contribution in [0.1, 0.15) is 6.42 Å². The fraction of sp³-hybridized carbons (Fsp3) is 0.375. The SMILES string of the molecule is CN[C@H](CC#N)C1=C(O)C(=O)NC1=O.